The molecule has 180 valence electrons. The van der Waals surface area contributed by atoms with Crippen LogP contribution in [0.4, 0.5) is 0 Å². The van der Waals surface area contributed by atoms with Gasteiger partial charge in [0.05, 0.1) is 18.3 Å². The Balaban J connectivity index is 1.46. The van der Waals surface area contributed by atoms with E-state index in [0.29, 0.717) is 5.75 Å². The first-order chi connectivity index (χ1) is 16.2. The van der Waals surface area contributed by atoms with Crippen LogP contribution in [0.1, 0.15) is 25.0 Å². The van der Waals surface area contributed by atoms with E-state index in [-0.39, 0.29) is 24.8 Å². The number of nitrogens with zero attached hydrogens (tertiary/aromatic N) is 1. The van der Waals surface area contributed by atoms with Crippen LogP contribution in [0, 0.1) is 0 Å². The van der Waals surface area contributed by atoms with E-state index in [2.05, 4.69) is 5.32 Å². The van der Waals surface area contributed by atoms with Crippen LogP contribution in [-0.2, 0) is 36.9 Å². The number of thioether (sulfide) groups is 1. The van der Waals surface area contributed by atoms with Gasteiger partial charge in [-0.15, -0.1) is 11.8 Å². The molecule has 1 N–H and O–H groups in total. The second-order valence-corrected chi connectivity index (χ2v) is 10.4. The van der Waals surface area contributed by atoms with Crippen LogP contribution in [0.2, 0.25) is 0 Å². The number of ether oxygens (including phenoxy) is 3. The minimum Gasteiger partial charge on any atom is -0.497 e. The molecular formula is C25H28N2O6S. The van der Waals surface area contributed by atoms with Crippen LogP contribution in [0.3, 0.4) is 0 Å². The van der Waals surface area contributed by atoms with E-state index in [1.807, 2.05) is 44.2 Å². The molecule has 2 amide bonds. The lowest BCUT2D eigenvalue weighted by molar-refractivity contribution is -0.216. The first kappa shape index (κ1) is 24.1. The van der Waals surface area contributed by atoms with Gasteiger partial charge in [-0.1, -0.05) is 42.5 Å². The summed E-state index contributed by atoms with van der Waals surface area (Å²) in [5, 5.41) is 2.39. The summed E-state index contributed by atoms with van der Waals surface area (Å²) in [6.07, 6.45) is 0.171. The summed E-state index contributed by atoms with van der Waals surface area (Å²) in [7, 11) is 2.98. The molecule has 34 heavy (non-hydrogen) atoms. The summed E-state index contributed by atoms with van der Waals surface area (Å²) in [4.78, 5) is 40.5. The zero-order chi connectivity index (χ0) is 24.5. The number of β-lactam (4-membered cyclic amide) rings is 1. The highest BCUT2D eigenvalue weighted by molar-refractivity contribution is 8.01. The molecule has 9 heteroatoms. The normalized spacial score (nSPS) is 24.7. The maximum Gasteiger partial charge on any atom is 0.361 e. The van der Waals surface area contributed by atoms with Gasteiger partial charge in [-0.05, 0) is 37.1 Å². The van der Waals surface area contributed by atoms with Gasteiger partial charge in [-0.3, -0.25) is 14.5 Å². The molecule has 0 radical (unpaired) electrons. The smallest absolute Gasteiger partial charge is 0.361 e. The molecule has 2 saturated heterocycles. The third kappa shape index (κ3) is 4.03. The highest BCUT2D eigenvalue weighted by atomic mass is 32.2. The van der Waals surface area contributed by atoms with Gasteiger partial charge in [-0.25, -0.2) is 4.79 Å². The second-order valence-electron chi connectivity index (χ2n) is 8.71. The van der Waals surface area contributed by atoms with Crippen LogP contribution in [0.5, 0.6) is 5.75 Å². The lowest BCUT2D eigenvalue weighted by Crippen LogP contribution is -2.76. The summed E-state index contributed by atoms with van der Waals surface area (Å²) in [6, 6.07) is 15.7. The Morgan fingerprint density at radius 1 is 1.03 bits per heavy atom. The van der Waals surface area contributed by atoms with E-state index in [9.17, 15) is 14.4 Å². The average molecular weight is 485 g/mol. The topological polar surface area (TPSA) is 94.2 Å². The molecule has 2 aliphatic heterocycles. The van der Waals surface area contributed by atoms with Crippen molar-refractivity contribution in [3.05, 3.63) is 65.7 Å². The number of benzene rings is 2. The number of rotatable bonds is 8. The molecule has 0 aliphatic carbocycles. The van der Waals surface area contributed by atoms with Crippen molar-refractivity contribution in [2.45, 2.75) is 48.8 Å². The van der Waals surface area contributed by atoms with Crippen molar-refractivity contribution in [2.75, 3.05) is 14.2 Å². The van der Waals surface area contributed by atoms with Crippen LogP contribution in [0.15, 0.2) is 54.6 Å². The van der Waals surface area contributed by atoms with Crippen molar-refractivity contribution in [2.24, 2.45) is 0 Å². The third-order valence-electron chi connectivity index (χ3n) is 6.24. The fourth-order valence-electron chi connectivity index (χ4n) is 4.47. The van der Waals surface area contributed by atoms with Gasteiger partial charge in [-0.2, -0.15) is 0 Å². The molecule has 2 aromatic rings. The summed E-state index contributed by atoms with van der Waals surface area (Å²) in [5.74, 6) is -0.563. The van der Waals surface area contributed by atoms with Crippen LogP contribution < -0.4 is 10.1 Å². The van der Waals surface area contributed by atoms with Crippen LogP contribution >= 0.6 is 11.8 Å². The van der Waals surface area contributed by atoms with Gasteiger partial charge in [0.1, 0.15) is 23.8 Å². The lowest BCUT2D eigenvalue weighted by atomic mass is 9.91. The van der Waals surface area contributed by atoms with E-state index in [4.69, 9.17) is 14.2 Å². The Hall–Kier alpha value is -3.04. The quantitative estimate of drug-likeness (QED) is 0.455. The lowest BCUT2D eigenvalue weighted by Gasteiger charge is -2.49. The van der Waals surface area contributed by atoms with Crippen LogP contribution in [-0.4, -0.2) is 58.8 Å². The van der Waals surface area contributed by atoms with Crippen molar-refractivity contribution < 1.29 is 28.6 Å². The fraction of sp³-hybridized carbons (Fsp3) is 0.400. The number of amides is 2. The predicted molar refractivity (Wildman–Crippen MR) is 127 cm³/mol. The number of hydrogen-bond acceptors (Lipinski definition) is 7. The Morgan fingerprint density at radius 2 is 1.71 bits per heavy atom. The number of fused-ring (bicyclic) bond motifs is 1. The molecule has 2 aliphatic rings. The van der Waals surface area contributed by atoms with E-state index in [1.165, 1.54) is 23.8 Å². The van der Waals surface area contributed by atoms with E-state index in [0.717, 1.165) is 11.1 Å². The maximum absolute atomic E-state index is 13.3. The van der Waals surface area contributed by atoms with Gasteiger partial charge in [0, 0.05) is 7.11 Å². The van der Waals surface area contributed by atoms with Crippen molar-refractivity contribution >= 4 is 29.5 Å². The molecule has 0 spiro atoms. The number of esters is 1. The Kier molecular flexibility index (Phi) is 6.60. The highest BCUT2D eigenvalue weighted by Crippen LogP contribution is 2.57. The average Bonchev–Trinajstić information content (AvgIpc) is 3.06. The molecule has 0 bridgehead atoms. The van der Waals surface area contributed by atoms with Crippen molar-refractivity contribution in [3.63, 3.8) is 0 Å². The van der Waals surface area contributed by atoms with Gasteiger partial charge < -0.3 is 19.5 Å². The number of carbonyl (C=O) groups is 3. The Morgan fingerprint density at radius 3 is 2.32 bits per heavy atom. The first-order valence-corrected chi connectivity index (χ1v) is 11.8. The SMILES string of the molecule is COc1ccc(COC(=O)[C@]2(OC)N3C(=O)[C@@H](NC(=O)Cc4ccccc4)[C@H]3SC2(C)C)cc1. The minimum atomic E-state index is -1.60. The van der Waals surface area contributed by atoms with E-state index >= 15 is 0 Å². The molecule has 2 aromatic carbocycles. The largest absolute Gasteiger partial charge is 0.497 e. The Labute approximate surface area is 202 Å². The summed E-state index contributed by atoms with van der Waals surface area (Å²) in [5.41, 5.74) is 0.0322. The summed E-state index contributed by atoms with van der Waals surface area (Å²) < 4.78 is 15.7. The molecule has 2 fully saturated rings. The van der Waals surface area contributed by atoms with Gasteiger partial charge in [0.15, 0.2) is 0 Å². The zero-order valence-corrected chi connectivity index (χ0v) is 20.4. The molecule has 2 heterocycles. The molecule has 0 saturated carbocycles. The number of carbonyl (C=O) groups excluding carboxylic acids is 3. The molecule has 0 aromatic heterocycles. The first-order valence-electron chi connectivity index (χ1n) is 10.9. The number of nitrogens with one attached hydrogen (secondary N) is 1. The minimum absolute atomic E-state index is 0.0264. The molecule has 0 unspecified atom stereocenters. The molecule has 3 atom stereocenters. The monoisotopic (exact) mass is 484 g/mol. The second kappa shape index (κ2) is 9.31. The van der Waals surface area contributed by atoms with E-state index in [1.54, 1.807) is 31.4 Å². The van der Waals surface area contributed by atoms with Gasteiger partial charge in [0.2, 0.25) is 5.91 Å². The van der Waals surface area contributed by atoms with Crippen molar-refractivity contribution in [1.82, 2.24) is 10.2 Å². The summed E-state index contributed by atoms with van der Waals surface area (Å²) >= 11 is 1.41. The van der Waals surface area contributed by atoms with Gasteiger partial charge in [0.25, 0.3) is 11.6 Å². The van der Waals surface area contributed by atoms with Crippen molar-refractivity contribution in [3.8, 4) is 5.75 Å². The predicted octanol–water partition coefficient (Wildman–Crippen LogP) is 2.50. The fourth-order valence-corrected chi connectivity index (χ4v) is 6.18. The molecular weight excluding hydrogens is 456 g/mol. The van der Waals surface area contributed by atoms with Crippen LogP contribution in [0.25, 0.3) is 0 Å². The standard InChI is InChI=1S/C25H28N2O6S/c1-24(2)25(32-4,23(30)33-15-17-10-12-18(31-3)13-11-17)27-21(29)20(22(27)34-24)26-19(28)14-16-8-6-5-7-9-16/h5-13,20,22H,14-15H2,1-4H3,(H,26,28)/t20-,22-,25-/m1/s1. The summed E-state index contributed by atoms with van der Waals surface area (Å²) in [6.45, 7) is 3.70. The van der Waals surface area contributed by atoms with E-state index < -0.39 is 27.9 Å². The number of hydrogen-bond donors (Lipinski definition) is 1. The Bertz CT molecular complexity index is 1070. The molecule has 8 nitrogen and oxygen atoms in total. The maximum atomic E-state index is 13.3. The third-order valence-corrected chi connectivity index (χ3v) is 7.83. The number of methoxy groups -OCH3 is 2. The molecule has 4 rings (SSSR count). The highest BCUT2D eigenvalue weighted by Gasteiger charge is 2.74. The van der Waals surface area contributed by atoms with Gasteiger partial charge >= 0.3 is 5.97 Å². The van der Waals surface area contributed by atoms with Crippen molar-refractivity contribution in [1.29, 1.82) is 0 Å². The zero-order valence-electron chi connectivity index (χ0n) is 19.6.